The highest BCUT2D eigenvalue weighted by atomic mass is 16.7. The first kappa shape index (κ1) is 12.8. The second-order valence-electron chi connectivity index (χ2n) is 4.82. The first-order chi connectivity index (χ1) is 8.66. The number of nitrogens with one attached hydrogen (secondary N) is 1. The molecular weight excluding hydrogens is 232 g/mol. The summed E-state index contributed by atoms with van der Waals surface area (Å²) in [5.41, 5.74) is 3.73. The molecule has 2 unspecified atom stereocenters. The molecule has 1 saturated carbocycles. The van der Waals surface area contributed by atoms with Gasteiger partial charge in [-0.25, -0.2) is 0 Å². The van der Waals surface area contributed by atoms with Gasteiger partial charge in [0.25, 0.3) is 5.69 Å². The van der Waals surface area contributed by atoms with Crippen molar-refractivity contribution in [3.8, 4) is 0 Å². The van der Waals surface area contributed by atoms with E-state index in [4.69, 9.17) is 4.84 Å². The topological polar surface area (TPSA) is 64.4 Å². The molecule has 0 bridgehead atoms. The number of nitro benzene ring substituents is 1. The zero-order valence-corrected chi connectivity index (χ0v) is 10.5. The van der Waals surface area contributed by atoms with Crippen LogP contribution in [0.15, 0.2) is 24.3 Å². The number of nitrogens with zero attached hydrogens (tertiary/aromatic N) is 1. The van der Waals surface area contributed by atoms with Gasteiger partial charge in [0.05, 0.1) is 16.7 Å². The zero-order chi connectivity index (χ0) is 13.0. The molecule has 0 radical (unpaired) electrons. The lowest BCUT2D eigenvalue weighted by Crippen LogP contribution is -2.27. The third-order valence-corrected chi connectivity index (χ3v) is 3.44. The second-order valence-corrected chi connectivity index (χ2v) is 4.82. The molecule has 0 amide bonds. The van der Waals surface area contributed by atoms with Crippen molar-refractivity contribution in [2.45, 2.75) is 38.7 Å². The van der Waals surface area contributed by atoms with Gasteiger partial charge in [0.2, 0.25) is 0 Å². The fraction of sp³-hybridized carbons (Fsp3) is 0.538. The second kappa shape index (κ2) is 5.82. The Bertz CT molecular complexity index is 405. The molecule has 1 aromatic rings. The first-order valence-corrected chi connectivity index (χ1v) is 6.33. The summed E-state index contributed by atoms with van der Waals surface area (Å²) in [6.45, 7) is 2.20. The van der Waals surface area contributed by atoms with E-state index in [0.29, 0.717) is 5.92 Å². The largest absolute Gasteiger partial charge is 0.273 e. The van der Waals surface area contributed by atoms with Crippen LogP contribution in [0.5, 0.6) is 0 Å². The van der Waals surface area contributed by atoms with Gasteiger partial charge < -0.3 is 0 Å². The van der Waals surface area contributed by atoms with Gasteiger partial charge in [-0.15, -0.1) is 0 Å². The molecule has 2 rings (SSSR count). The normalized spacial score (nSPS) is 23.6. The Morgan fingerprint density at radius 3 is 2.56 bits per heavy atom. The molecule has 1 fully saturated rings. The van der Waals surface area contributed by atoms with Crippen LogP contribution >= 0.6 is 0 Å². The first-order valence-electron chi connectivity index (χ1n) is 6.33. The van der Waals surface area contributed by atoms with Gasteiger partial charge >= 0.3 is 0 Å². The Morgan fingerprint density at radius 2 is 1.94 bits per heavy atom. The molecule has 0 spiro atoms. The number of rotatable bonds is 4. The van der Waals surface area contributed by atoms with E-state index in [9.17, 15) is 10.1 Å². The van der Waals surface area contributed by atoms with Crippen LogP contribution < -0.4 is 5.48 Å². The fourth-order valence-electron chi connectivity index (χ4n) is 2.25. The van der Waals surface area contributed by atoms with Gasteiger partial charge in [-0.1, -0.05) is 19.8 Å². The number of hydrogen-bond acceptors (Lipinski definition) is 4. The monoisotopic (exact) mass is 250 g/mol. The highest BCUT2D eigenvalue weighted by molar-refractivity contribution is 5.46. The molecule has 0 saturated heterocycles. The molecule has 18 heavy (non-hydrogen) atoms. The van der Waals surface area contributed by atoms with Crippen molar-refractivity contribution in [1.29, 1.82) is 0 Å². The molecule has 1 aromatic carbocycles. The lowest BCUT2D eigenvalue weighted by molar-refractivity contribution is -0.384. The minimum Gasteiger partial charge on any atom is -0.273 e. The quantitative estimate of drug-likeness (QED) is 0.656. The SMILES string of the molecule is CC1CCCCC1ONc1ccc([N+](=O)[O-])cc1. The van der Waals surface area contributed by atoms with Crippen LogP contribution in [0.2, 0.25) is 0 Å². The average Bonchev–Trinajstić information content (AvgIpc) is 2.38. The van der Waals surface area contributed by atoms with E-state index < -0.39 is 4.92 Å². The van der Waals surface area contributed by atoms with Crippen LogP contribution in [0, 0.1) is 16.0 Å². The van der Waals surface area contributed by atoms with E-state index >= 15 is 0 Å². The molecule has 5 nitrogen and oxygen atoms in total. The Balaban J connectivity index is 1.87. The van der Waals surface area contributed by atoms with E-state index in [-0.39, 0.29) is 11.8 Å². The van der Waals surface area contributed by atoms with Crippen LogP contribution in [0.25, 0.3) is 0 Å². The van der Waals surface area contributed by atoms with Crippen molar-refractivity contribution < 1.29 is 9.76 Å². The van der Waals surface area contributed by atoms with Crippen LogP contribution in [0.3, 0.4) is 0 Å². The lowest BCUT2D eigenvalue weighted by Gasteiger charge is -2.28. The van der Waals surface area contributed by atoms with E-state index in [1.54, 1.807) is 12.1 Å². The highest BCUT2D eigenvalue weighted by Crippen LogP contribution is 2.26. The van der Waals surface area contributed by atoms with Crippen LogP contribution in [0.4, 0.5) is 11.4 Å². The highest BCUT2D eigenvalue weighted by Gasteiger charge is 2.22. The summed E-state index contributed by atoms with van der Waals surface area (Å²) in [6, 6.07) is 6.25. The average molecular weight is 250 g/mol. The summed E-state index contributed by atoms with van der Waals surface area (Å²) < 4.78 is 0. The lowest BCUT2D eigenvalue weighted by atomic mass is 9.88. The van der Waals surface area contributed by atoms with Crippen molar-refractivity contribution in [2.24, 2.45) is 5.92 Å². The van der Waals surface area contributed by atoms with Gasteiger partial charge in [0.15, 0.2) is 0 Å². The molecule has 0 heterocycles. The summed E-state index contributed by atoms with van der Waals surface area (Å²) in [7, 11) is 0. The predicted molar refractivity (Wildman–Crippen MR) is 69.2 cm³/mol. The van der Waals surface area contributed by atoms with Crippen molar-refractivity contribution in [3.05, 3.63) is 34.4 Å². The van der Waals surface area contributed by atoms with Crippen molar-refractivity contribution in [3.63, 3.8) is 0 Å². The Morgan fingerprint density at radius 1 is 1.28 bits per heavy atom. The number of benzene rings is 1. The zero-order valence-electron chi connectivity index (χ0n) is 10.5. The molecular formula is C13H18N2O3. The summed E-state index contributed by atoms with van der Waals surface area (Å²) in [4.78, 5) is 15.8. The van der Waals surface area contributed by atoms with Crippen LogP contribution in [0.1, 0.15) is 32.6 Å². The molecule has 1 N–H and O–H groups in total. The summed E-state index contributed by atoms with van der Waals surface area (Å²) in [5.74, 6) is 0.560. The fourth-order valence-corrected chi connectivity index (χ4v) is 2.25. The minimum atomic E-state index is -0.409. The molecule has 0 aliphatic heterocycles. The van der Waals surface area contributed by atoms with Gasteiger partial charge in [0, 0.05) is 12.1 Å². The van der Waals surface area contributed by atoms with Gasteiger partial charge in [-0.2, -0.15) is 0 Å². The van der Waals surface area contributed by atoms with E-state index in [2.05, 4.69) is 12.4 Å². The van der Waals surface area contributed by atoms with Crippen LogP contribution in [-0.4, -0.2) is 11.0 Å². The van der Waals surface area contributed by atoms with Crippen molar-refractivity contribution in [2.75, 3.05) is 5.48 Å². The number of non-ortho nitro benzene ring substituents is 1. The molecule has 98 valence electrons. The number of anilines is 1. The van der Waals surface area contributed by atoms with Gasteiger partial charge in [0.1, 0.15) is 0 Å². The van der Waals surface area contributed by atoms with Gasteiger partial charge in [-0.3, -0.25) is 20.4 Å². The number of hydrogen-bond donors (Lipinski definition) is 1. The molecule has 5 heteroatoms. The maximum atomic E-state index is 10.5. The Hall–Kier alpha value is -1.62. The van der Waals surface area contributed by atoms with E-state index in [0.717, 1.165) is 12.1 Å². The molecule has 2 atom stereocenters. The Kier molecular flexibility index (Phi) is 4.15. The third-order valence-electron chi connectivity index (χ3n) is 3.44. The summed E-state index contributed by atoms with van der Waals surface area (Å²) in [6.07, 6.45) is 4.98. The Labute approximate surface area is 106 Å². The maximum absolute atomic E-state index is 10.5. The molecule has 1 aliphatic carbocycles. The number of nitro groups is 1. The van der Waals surface area contributed by atoms with E-state index in [1.165, 1.54) is 31.4 Å². The molecule has 0 aromatic heterocycles. The standard InChI is InChI=1S/C13H18N2O3/c1-10-4-2-3-5-13(10)18-14-11-6-8-12(9-7-11)15(16)17/h6-10,13-14H,2-5H2,1H3. The van der Waals surface area contributed by atoms with Gasteiger partial charge in [-0.05, 0) is 30.9 Å². The minimum absolute atomic E-state index is 0.0894. The summed E-state index contributed by atoms with van der Waals surface area (Å²) >= 11 is 0. The summed E-state index contributed by atoms with van der Waals surface area (Å²) in [5, 5.41) is 10.5. The van der Waals surface area contributed by atoms with Crippen molar-refractivity contribution in [1.82, 2.24) is 0 Å². The van der Waals surface area contributed by atoms with E-state index in [1.807, 2.05) is 0 Å². The van der Waals surface area contributed by atoms with Crippen molar-refractivity contribution >= 4 is 11.4 Å². The maximum Gasteiger partial charge on any atom is 0.269 e. The smallest absolute Gasteiger partial charge is 0.269 e. The predicted octanol–water partition coefficient (Wildman–Crippen LogP) is 3.52. The molecule has 1 aliphatic rings. The van der Waals surface area contributed by atoms with Crippen LogP contribution in [-0.2, 0) is 4.84 Å². The third kappa shape index (κ3) is 3.20.